The Balaban J connectivity index is 2.35. The van der Waals surface area contributed by atoms with Crippen LogP contribution in [0.3, 0.4) is 0 Å². The van der Waals surface area contributed by atoms with Gasteiger partial charge in [-0.25, -0.2) is 9.37 Å². The number of hydrogen-bond acceptors (Lipinski definition) is 4. The number of nitrogens with zero attached hydrogens (tertiary/aromatic N) is 3. The molecule has 0 radical (unpaired) electrons. The number of halogens is 2. The van der Waals surface area contributed by atoms with Crippen molar-refractivity contribution >= 4 is 17.5 Å². The van der Waals surface area contributed by atoms with Gasteiger partial charge < -0.3 is 5.73 Å². The van der Waals surface area contributed by atoms with Gasteiger partial charge in [-0.15, -0.1) is 0 Å². The number of nitrogen functional groups attached to an aromatic ring is 1. The predicted molar refractivity (Wildman–Crippen MR) is 72.5 cm³/mol. The van der Waals surface area contributed by atoms with Crippen molar-refractivity contribution in [2.24, 2.45) is 0 Å². The highest BCUT2D eigenvalue weighted by atomic mass is 35.5. The molecule has 0 aliphatic carbocycles. The average Bonchev–Trinajstić information content (AvgIpc) is 2.34. The minimum Gasteiger partial charge on any atom is -0.368 e. The van der Waals surface area contributed by atoms with Crippen LogP contribution in [0.25, 0.3) is 0 Å². The molecule has 0 saturated heterocycles. The lowest BCUT2D eigenvalue weighted by atomic mass is 10.1. The van der Waals surface area contributed by atoms with E-state index in [1.54, 1.807) is 12.1 Å². The van der Waals surface area contributed by atoms with Crippen molar-refractivity contribution in [2.45, 2.75) is 26.2 Å². The van der Waals surface area contributed by atoms with Crippen LogP contribution in [0.4, 0.5) is 10.3 Å². The van der Waals surface area contributed by atoms with E-state index >= 15 is 0 Å². The second kappa shape index (κ2) is 5.48. The monoisotopic (exact) mass is 280 g/mol. The Morgan fingerprint density at radius 2 is 2.00 bits per heavy atom. The molecule has 0 spiro atoms. The van der Waals surface area contributed by atoms with Crippen molar-refractivity contribution < 1.29 is 4.39 Å². The first-order valence-electron chi connectivity index (χ1n) is 5.90. The summed E-state index contributed by atoms with van der Waals surface area (Å²) >= 11 is 5.74. The zero-order valence-electron chi connectivity index (χ0n) is 10.7. The lowest BCUT2D eigenvalue weighted by molar-refractivity contribution is 0.611. The summed E-state index contributed by atoms with van der Waals surface area (Å²) in [5.41, 5.74) is 6.07. The van der Waals surface area contributed by atoms with E-state index in [-0.39, 0.29) is 23.3 Å². The fraction of sp³-hybridized carbons (Fsp3) is 0.308. The summed E-state index contributed by atoms with van der Waals surface area (Å²) in [6, 6.07) is 4.84. The van der Waals surface area contributed by atoms with Crippen LogP contribution >= 0.6 is 11.6 Å². The standard InChI is InChI=1S/C13H14ClFN4/c1-7(2)12-17-10(18-13(16)19-12)6-8-4-3-5-9(14)11(8)15/h3-5,7H,6H2,1-2H3,(H2,16,17,18,19). The zero-order chi connectivity index (χ0) is 14.0. The third-order valence-corrected chi connectivity index (χ3v) is 2.90. The smallest absolute Gasteiger partial charge is 0.223 e. The SMILES string of the molecule is CC(C)c1nc(N)nc(Cc2cccc(Cl)c2F)n1. The summed E-state index contributed by atoms with van der Waals surface area (Å²) < 4.78 is 13.8. The minimum absolute atomic E-state index is 0.0867. The summed E-state index contributed by atoms with van der Waals surface area (Å²) in [6.07, 6.45) is 0.235. The molecule has 2 aromatic rings. The van der Waals surface area contributed by atoms with Crippen molar-refractivity contribution in [1.82, 2.24) is 15.0 Å². The van der Waals surface area contributed by atoms with E-state index in [4.69, 9.17) is 17.3 Å². The molecule has 4 nitrogen and oxygen atoms in total. The predicted octanol–water partition coefficient (Wildman–Crippen LogP) is 2.96. The second-order valence-electron chi connectivity index (χ2n) is 4.51. The Hall–Kier alpha value is -1.75. The van der Waals surface area contributed by atoms with Gasteiger partial charge in [0.1, 0.15) is 17.5 Å². The molecule has 0 amide bonds. The molecule has 0 saturated carbocycles. The van der Waals surface area contributed by atoms with Crippen LogP contribution in [0.15, 0.2) is 18.2 Å². The van der Waals surface area contributed by atoms with Crippen LogP contribution in [0.2, 0.25) is 5.02 Å². The van der Waals surface area contributed by atoms with Crippen LogP contribution in [-0.2, 0) is 6.42 Å². The Labute approximate surface area is 115 Å². The quantitative estimate of drug-likeness (QED) is 0.939. The maximum atomic E-state index is 13.8. The second-order valence-corrected chi connectivity index (χ2v) is 4.92. The van der Waals surface area contributed by atoms with Crippen LogP contribution in [0, 0.1) is 5.82 Å². The molecule has 0 fully saturated rings. The normalized spacial score (nSPS) is 11.0. The van der Waals surface area contributed by atoms with Gasteiger partial charge in [0.2, 0.25) is 5.95 Å². The molecule has 100 valence electrons. The fourth-order valence-electron chi connectivity index (χ4n) is 1.65. The fourth-order valence-corrected chi connectivity index (χ4v) is 1.84. The molecule has 19 heavy (non-hydrogen) atoms. The third kappa shape index (κ3) is 3.17. The Morgan fingerprint density at radius 3 is 2.68 bits per heavy atom. The van der Waals surface area contributed by atoms with Crippen molar-refractivity contribution in [3.8, 4) is 0 Å². The number of rotatable bonds is 3. The van der Waals surface area contributed by atoms with E-state index in [9.17, 15) is 4.39 Å². The summed E-state index contributed by atoms with van der Waals surface area (Å²) in [5.74, 6) is 0.876. The van der Waals surface area contributed by atoms with Gasteiger partial charge in [0.15, 0.2) is 0 Å². The molecule has 0 atom stereocenters. The first-order valence-corrected chi connectivity index (χ1v) is 6.28. The highest BCUT2D eigenvalue weighted by Gasteiger charge is 2.12. The largest absolute Gasteiger partial charge is 0.368 e. The first kappa shape index (κ1) is 13.7. The van der Waals surface area contributed by atoms with Gasteiger partial charge in [0.05, 0.1) is 5.02 Å². The summed E-state index contributed by atoms with van der Waals surface area (Å²) in [6.45, 7) is 3.91. The molecule has 0 aliphatic heterocycles. The third-order valence-electron chi connectivity index (χ3n) is 2.61. The van der Waals surface area contributed by atoms with Crippen LogP contribution < -0.4 is 5.73 Å². The molecule has 1 aromatic carbocycles. The molecule has 1 heterocycles. The van der Waals surface area contributed by atoms with E-state index in [0.29, 0.717) is 17.2 Å². The summed E-state index contributed by atoms with van der Waals surface area (Å²) in [5, 5.41) is 0.0867. The van der Waals surface area contributed by atoms with Gasteiger partial charge in [-0.3, -0.25) is 0 Å². The van der Waals surface area contributed by atoms with E-state index in [0.717, 1.165) is 0 Å². The molecular weight excluding hydrogens is 267 g/mol. The van der Waals surface area contributed by atoms with Crippen molar-refractivity contribution in [3.05, 3.63) is 46.3 Å². The number of benzene rings is 1. The minimum atomic E-state index is -0.450. The highest BCUT2D eigenvalue weighted by Crippen LogP contribution is 2.20. The first-order chi connectivity index (χ1) is 8.97. The average molecular weight is 281 g/mol. The molecule has 0 bridgehead atoms. The van der Waals surface area contributed by atoms with E-state index in [2.05, 4.69) is 15.0 Å². The highest BCUT2D eigenvalue weighted by molar-refractivity contribution is 6.30. The number of anilines is 1. The van der Waals surface area contributed by atoms with E-state index in [1.807, 2.05) is 13.8 Å². The van der Waals surface area contributed by atoms with Crippen LogP contribution in [0.1, 0.15) is 37.0 Å². The molecule has 0 aliphatic rings. The molecule has 2 rings (SSSR count). The maximum Gasteiger partial charge on any atom is 0.223 e. The molecule has 0 unspecified atom stereocenters. The zero-order valence-corrected chi connectivity index (χ0v) is 11.4. The van der Waals surface area contributed by atoms with Crippen molar-refractivity contribution in [3.63, 3.8) is 0 Å². The van der Waals surface area contributed by atoms with Crippen LogP contribution in [0.5, 0.6) is 0 Å². The van der Waals surface area contributed by atoms with Gasteiger partial charge in [-0.2, -0.15) is 9.97 Å². The van der Waals surface area contributed by atoms with Gasteiger partial charge >= 0.3 is 0 Å². The Kier molecular flexibility index (Phi) is 3.95. The Bertz CT molecular complexity index is 601. The summed E-state index contributed by atoms with van der Waals surface area (Å²) in [4.78, 5) is 12.4. The molecular formula is C13H14ClFN4. The van der Waals surface area contributed by atoms with Gasteiger partial charge in [-0.1, -0.05) is 37.6 Å². The summed E-state index contributed by atoms with van der Waals surface area (Å²) in [7, 11) is 0. The lowest BCUT2D eigenvalue weighted by Crippen LogP contribution is -2.09. The molecule has 2 N–H and O–H groups in total. The number of nitrogens with two attached hydrogens (primary N) is 1. The number of hydrogen-bond donors (Lipinski definition) is 1. The van der Waals surface area contributed by atoms with Crippen LogP contribution in [-0.4, -0.2) is 15.0 Å². The van der Waals surface area contributed by atoms with E-state index in [1.165, 1.54) is 6.07 Å². The van der Waals surface area contributed by atoms with Gasteiger partial charge in [0.25, 0.3) is 0 Å². The number of aromatic nitrogens is 3. The van der Waals surface area contributed by atoms with Gasteiger partial charge in [-0.05, 0) is 11.6 Å². The topological polar surface area (TPSA) is 64.7 Å². The van der Waals surface area contributed by atoms with Crippen molar-refractivity contribution in [2.75, 3.05) is 5.73 Å². The maximum absolute atomic E-state index is 13.8. The Morgan fingerprint density at radius 1 is 1.26 bits per heavy atom. The van der Waals surface area contributed by atoms with E-state index < -0.39 is 5.82 Å². The lowest BCUT2D eigenvalue weighted by Gasteiger charge is -2.08. The molecule has 6 heteroatoms. The van der Waals surface area contributed by atoms with Gasteiger partial charge in [0, 0.05) is 12.3 Å². The van der Waals surface area contributed by atoms with Crippen molar-refractivity contribution in [1.29, 1.82) is 0 Å². The molecule has 1 aromatic heterocycles.